The van der Waals surface area contributed by atoms with Gasteiger partial charge in [0.2, 0.25) is 0 Å². The zero-order valence-corrected chi connectivity index (χ0v) is 8.18. The van der Waals surface area contributed by atoms with Crippen molar-refractivity contribution < 1.29 is 4.42 Å². The van der Waals surface area contributed by atoms with Crippen molar-refractivity contribution in [3.05, 3.63) is 20.9 Å². The summed E-state index contributed by atoms with van der Waals surface area (Å²) in [6.07, 6.45) is 0. The highest BCUT2D eigenvalue weighted by molar-refractivity contribution is 7.99. The highest BCUT2D eigenvalue weighted by Crippen LogP contribution is 2.19. The van der Waals surface area contributed by atoms with Gasteiger partial charge in [-0.2, -0.15) is 0 Å². The maximum absolute atomic E-state index is 11.2. The van der Waals surface area contributed by atoms with Crippen molar-refractivity contribution in [2.24, 2.45) is 7.05 Å². The molecule has 0 amide bonds. The summed E-state index contributed by atoms with van der Waals surface area (Å²) < 4.78 is 5.65. The Kier molecular flexibility index (Phi) is 2.82. The number of nitrogens with two attached hydrogens (primary N) is 1. The van der Waals surface area contributed by atoms with Crippen LogP contribution in [0.2, 0.25) is 0 Å². The quantitative estimate of drug-likeness (QED) is 0.685. The van der Waals surface area contributed by atoms with Crippen molar-refractivity contribution in [1.29, 1.82) is 0 Å². The molecule has 2 N–H and O–H groups in total. The van der Waals surface area contributed by atoms with E-state index in [-0.39, 0.29) is 10.8 Å². The van der Waals surface area contributed by atoms with Crippen LogP contribution in [-0.4, -0.2) is 10.3 Å². The number of aromatic nitrogens is 1. The Labute approximate surface area is 78.5 Å². The van der Waals surface area contributed by atoms with Crippen LogP contribution in [0.3, 0.4) is 0 Å². The Morgan fingerprint density at radius 3 is 2.69 bits per heavy atom. The van der Waals surface area contributed by atoms with Crippen molar-refractivity contribution >= 4 is 17.4 Å². The van der Waals surface area contributed by atoms with Gasteiger partial charge >= 0.3 is 5.76 Å². The van der Waals surface area contributed by atoms with Gasteiger partial charge in [0.25, 0.3) is 5.56 Å². The molecule has 0 aliphatic heterocycles. The van der Waals surface area contributed by atoms with E-state index in [0.29, 0.717) is 5.75 Å². The van der Waals surface area contributed by atoms with Gasteiger partial charge < -0.3 is 10.2 Å². The molecule has 0 aliphatic carbocycles. The molecule has 5 nitrogen and oxygen atoms in total. The van der Waals surface area contributed by atoms with Gasteiger partial charge in [0.15, 0.2) is 5.09 Å². The zero-order chi connectivity index (χ0) is 10.0. The van der Waals surface area contributed by atoms with Crippen LogP contribution in [0.1, 0.15) is 6.92 Å². The molecule has 0 unspecified atom stereocenters. The minimum atomic E-state index is -0.685. The van der Waals surface area contributed by atoms with Gasteiger partial charge in [-0.25, -0.2) is 9.36 Å². The van der Waals surface area contributed by atoms with Crippen LogP contribution in [0.4, 0.5) is 5.69 Å². The summed E-state index contributed by atoms with van der Waals surface area (Å²) in [5.41, 5.74) is 4.94. The second-order valence-corrected chi connectivity index (χ2v) is 3.60. The first-order chi connectivity index (χ1) is 6.07. The summed E-state index contributed by atoms with van der Waals surface area (Å²) in [5.74, 6) is 0.00970. The van der Waals surface area contributed by atoms with Crippen molar-refractivity contribution in [2.45, 2.75) is 12.0 Å². The molecule has 1 aromatic heterocycles. The molecule has 0 spiro atoms. The standard InChI is InChI=1S/C7H10N2O3S/c1-3-13-6-4(8)5(10)9(2)7(11)12-6/h3,8H2,1-2H3. The lowest BCUT2D eigenvalue weighted by Gasteiger charge is -2.01. The second-order valence-electron chi connectivity index (χ2n) is 2.37. The van der Waals surface area contributed by atoms with Gasteiger partial charge in [-0.15, -0.1) is 0 Å². The molecule has 0 radical (unpaired) electrons. The lowest BCUT2D eigenvalue weighted by atomic mass is 10.5. The van der Waals surface area contributed by atoms with Crippen LogP contribution in [0.15, 0.2) is 19.1 Å². The highest BCUT2D eigenvalue weighted by Gasteiger charge is 2.10. The Hall–Kier alpha value is -1.17. The minimum absolute atomic E-state index is 0.00560. The molecule has 0 fully saturated rings. The molecule has 0 aromatic carbocycles. The summed E-state index contributed by atoms with van der Waals surface area (Å²) in [6, 6.07) is 0. The Bertz CT molecular complexity index is 421. The molecule has 72 valence electrons. The van der Waals surface area contributed by atoms with E-state index >= 15 is 0 Å². The van der Waals surface area contributed by atoms with Gasteiger partial charge in [-0.3, -0.25) is 4.79 Å². The Balaban J connectivity index is 3.41. The van der Waals surface area contributed by atoms with Crippen LogP contribution < -0.4 is 17.0 Å². The maximum atomic E-state index is 11.2. The minimum Gasteiger partial charge on any atom is -0.400 e. The van der Waals surface area contributed by atoms with E-state index in [9.17, 15) is 9.59 Å². The third-order valence-electron chi connectivity index (χ3n) is 1.48. The van der Waals surface area contributed by atoms with E-state index < -0.39 is 11.3 Å². The van der Waals surface area contributed by atoms with Crippen LogP contribution in [0.5, 0.6) is 0 Å². The first-order valence-corrected chi connectivity index (χ1v) is 4.69. The van der Waals surface area contributed by atoms with E-state index in [2.05, 4.69) is 0 Å². The number of hydrogen-bond donors (Lipinski definition) is 1. The number of hydrogen-bond acceptors (Lipinski definition) is 5. The predicted molar refractivity (Wildman–Crippen MR) is 51.0 cm³/mol. The fourth-order valence-corrected chi connectivity index (χ4v) is 1.43. The summed E-state index contributed by atoms with van der Waals surface area (Å²) >= 11 is 1.23. The van der Waals surface area contributed by atoms with Crippen molar-refractivity contribution in [2.75, 3.05) is 11.5 Å². The van der Waals surface area contributed by atoms with Gasteiger partial charge in [0.1, 0.15) is 5.69 Å². The highest BCUT2D eigenvalue weighted by atomic mass is 32.2. The molecule has 0 saturated carbocycles. The van der Waals surface area contributed by atoms with Gasteiger partial charge in [0, 0.05) is 7.05 Å². The van der Waals surface area contributed by atoms with Crippen LogP contribution in [-0.2, 0) is 7.05 Å². The fraction of sp³-hybridized carbons (Fsp3) is 0.429. The summed E-state index contributed by atoms with van der Waals surface area (Å²) in [7, 11) is 1.32. The fourth-order valence-electron chi connectivity index (χ4n) is 0.792. The average molecular weight is 202 g/mol. The Morgan fingerprint density at radius 2 is 2.15 bits per heavy atom. The van der Waals surface area contributed by atoms with Gasteiger partial charge in [-0.05, 0) is 5.75 Å². The largest absolute Gasteiger partial charge is 0.422 e. The predicted octanol–water partition coefficient (Wildman–Crippen LogP) is 0.0327. The lowest BCUT2D eigenvalue weighted by molar-refractivity contribution is 0.373. The number of anilines is 1. The molecule has 0 atom stereocenters. The van der Waals surface area contributed by atoms with Crippen molar-refractivity contribution in [1.82, 2.24) is 4.57 Å². The molecule has 0 bridgehead atoms. The lowest BCUT2D eigenvalue weighted by Crippen LogP contribution is -2.31. The van der Waals surface area contributed by atoms with E-state index in [1.807, 2.05) is 6.92 Å². The smallest absolute Gasteiger partial charge is 0.400 e. The molecule has 1 rings (SSSR count). The van der Waals surface area contributed by atoms with E-state index in [1.165, 1.54) is 18.8 Å². The second kappa shape index (κ2) is 3.69. The number of nitrogen functional groups attached to an aromatic ring is 1. The number of rotatable bonds is 2. The first-order valence-electron chi connectivity index (χ1n) is 3.70. The monoisotopic (exact) mass is 202 g/mol. The molecule has 0 saturated heterocycles. The first kappa shape index (κ1) is 9.91. The number of nitrogens with zero attached hydrogens (tertiary/aromatic N) is 1. The molecule has 0 aliphatic rings. The van der Waals surface area contributed by atoms with Gasteiger partial charge in [0.05, 0.1) is 0 Å². The topological polar surface area (TPSA) is 78.2 Å². The molecular formula is C7H10N2O3S. The van der Waals surface area contributed by atoms with Crippen LogP contribution in [0, 0.1) is 0 Å². The van der Waals surface area contributed by atoms with Crippen LogP contribution in [0.25, 0.3) is 0 Å². The van der Waals surface area contributed by atoms with E-state index in [1.54, 1.807) is 0 Å². The Morgan fingerprint density at radius 1 is 1.54 bits per heavy atom. The maximum Gasteiger partial charge on any atom is 0.422 e. The summed E-state index contributed by atoms with van der Waals surface area (Å²) in [5, 5.41) is 0.204. The van der Waals surface area contributed by atoms with Crippen molar-refractivity contribution in [3.63, 3.8) is 0 Å². The third kappa shape index (κ3) is 1.77. The SMILES string of the molecule is CCSc1oc(=O)n(C)c(=O)c1N. The van der Waals surface area contributed by atoms with Gasteiger partial charge in [-0.1, -0.05) is 18.7 Å². The van der Waals surface area contributed by atoms with Crippen molar-refractivity contribution in [3.8, 4) is 0 Å². The van der Waals surface area contributed by atoms with E-state index in [0.717, 1.165) is 4.57 Å². The normalized spacial score (nSPS) is 10.3. The number of thioether (sulfide) groups is 1. The summed E-state index contributed by atoms with van der Waals surface area (Å²) in [6.45, 7) is 1.88. The molecule has 6 heteroatoms. The summed E-state index contributed by atoms with van der Waals surface area (Å²) in [4.78, 5) is 22.3. The third-order valence-corrected chi connectivity index (χ3v) is 2.34. The molecular weight excluding hydrogens is 192 g/mol. The molecule has 1 heterocycles. The molecule has 1 aromatic rings. The van der Waals surface area contributed by atoms with Crippen LogP contribution >= 0.6 is 11.8 Å². The van der Waals surface area contributed by atoms with E-state index in [4.69, 9.17) is 10.2 Å². The zero-order valence-electron chi connectivity index (χ0n) is 7.36. The average Bonchev–Trinajstić information content (AvgIpc) is 2.11. The molecule has 13 heavy (non-hydrogen) atoms.